The van der Waals surface area contributed by atoms with Crippen LogP contribution in [0, 0.1) is 25.2 Å². The fraction of sp³-hybridized carbons (Fsp3) is 0.125. The number of aryl methyl sites for hydroxylation is 2. The molecule has 1 heterocycles. The van der Waals surface area contributed by atoms with Crippen LogP contribution >= 0.6 is 0 Å². The van der Waals surface area contributed by atoms with Crippen LogP contribution in [-0.2, 0) is 4.79 Å². The van der Waals surface area contributed by atoms with E-state index in [1.807, 2.05) is 44.2 Å². The van der Waals surface area contributed by atoms with E-state index in [2.05, 4.69) is 10.3 Å². The van der Waals surface area contributed by atoms with Crippen LogP contribution in [-0.4, -0.2) is 10.9 Å². The molecule has 2 rings (SSSR count). The van der Waals surface area contributed by atoms with E-state index in [4.69, 9.17) is 5.26 Å². The maximum absolute atomic E-state index is 12.1. The van der Waals surface area contributed by atoms with Crippen LogP contribution in [0.2, 0.25) is 0 Å². The number of rotatable bonds is 3. The second-order valence-corrected chi connectivity index (χ2v) is 4.57. The Morgan fingerprint density at radius 2 is 2.15 bits per heavy atom. The quantitative estimate of drug-likeness (QED) is 0.661. The van der Waals surface area contributed by atoms with Gasteiger partial charge in [-0.15, -0.1) is 0 Å². The molecule has 2 N–H and O–H groups in total. The Bertz CT molecular complexity index is 691. The highest BCUT2D eigenvalue weighted by atomic mass is 16.1. The van der Waals surface area contributed by atoms with Crippen molar-refractivity contribution < 1.29 is 4.79 Å². The first-order valence-corrected chi connectivity index (χ1v) is 6.24. The van der Waals surface area contributed by atoms with Crippen molar-refractivity contribution in [3.8, 4) is 6.07 Å². The van der Waals surface area contributed by atoms with Gasteiger partial charge in [0, 0.05) is 17.6 Å². The smallest absolute Gasteiger partial charge is 0.266 e. The molecule has 0 atom stereocenters. The van der Waals surface area contributed by atoms with E-state index >= 15 is 0 Å². The zero-order chi connectivity index (χ0) is 14.5. The number of benzene rings is 1. The van der Waals surface area contributed by atoms with Crippen molar-refractivity contribution in [1.29, 1.82) is 5.26 Å². The zero-order valence-electron chi connectivity index (χ0n) is 11.4. The number of hydrogen-bond acceptors (Lipinski definition) is 2. The summed E-state index contributed by atoms with van der Waals surface area (Å²) in [5.74, 6) is -0.408. The van der Waals surface area contributed by atoms with Gasteiger partial charge >= 0.3 is 0 Å². The number of nitrogens with zero attached hydrogens (tertiary/aromatic N) is 1. The molecule has 0 saturated heterocycles. The number of carbonyl (C=O) groups is 1. The second-order valence-electron chi connectivity index (χ2n) is 4.57. The molecule has 0 spiro atoms. The van der Waals surface area contributed by atoms with Gasteiger partial charge in [0.15, 0.2) is 0 Å². The molecule has 1 aromatic carbocycles. The summed E-state index contributed by atoms with van der Waals surface area (Å²) in [5, 5.41) is 11.9. The SMILES string of the molecule is Cc1ccc(NC(=O)C(C#N)=Cc2ccc[nH]2)c(C)c1. The largest absolute Gasteiger partial charge is 0.362 e. The Hall–Kier alpha value is -2.80. The fourth-order valence-electron chi connectivity index (χ4n) is 1.88. The number of hydrogen-bond donors (Lipinski definition) is 2. The van der Waals surface area contributed by atoms with E-state index in [0.29, 0.717) is 5.69 Å². The van der Waals surface area contributed by atoms with Gasteiger partial charge in [0.1, 0.15) is 11.6 Å². The van der Waals surface area contributed by atoms with E-state index in [1.54, 1.807) is 12.3 Å². The van der Waals surface area contributed by atoms with Gasteiger partial charge in [-0.3, -0.25) is 4.79 Å². The van der Waals surface area contributed by atoms with Gasteiger partial charge in [-0.25, -0.2) is 0 Å². The zero-order valence-corrected chi connectivity index (χ0v) is 11.4. The van der Waals surface area contributed by atoms with Crippen molar-refractivity contribution in [2.24, 2.45) is 0 Å². The number of aromatic amines is 1. The van der Waals surface area contributed by atoms with Gasteiger partial charge in [-0.2, -0.15) is 5.26 Å². The van der Waals surface area contributed by atoms with Crippen LogP contribution < -0.4 is 5.32 Å². The van der Waals surface area contributed by atoms with Crippen molar-refractivity contribution in [3.05, 3.63) is 58.9 Å². The molecule has 0 bridgehead atoms. The maximum Gasteiger partial charge on any atom is 0.266 e. The molecule has 0 aliphatic carbocycles. The summed E-state index contributed by atoms with van der Waals surface area (Å²) in [6, 6.07) is 11.3. The third kappa shape index (κ3) is 3.15. The second kappa shape index (κ2) is 5.89. The minimum absolute atomic E-state index is 0.0624. The highest BCUT2D eigenvalue weighted by molar-refractivity contribution is 6.09. The Balaban J connectivity index is 2.20. The number of amides is 1. The Morgan fingerprint density at radius 1 is 1.35 bits per heavy atom. The lowest BCUT2D eigenvalue weighted by Crippen LogP contribution is -2.14. The molecule has 4 nitrogen and oxygen atoms in total. The molecule has 0 aliphatic rings. The summed E-state index contributed by atoms with van der Waals surface area (Å²) in [6.07, 6.45) is 3.27. The standard InChI is InChI=1S/C16H15N3O/c1-11-5-6-15(12(2)8-11)19-16(20)13(10-17)9-14-4-3-7-18-14/h3-9,18H,1-2H3,(H,19,20). The Morgan fingerprint density at radius 3 is 2.75 bits per heavy atom. The van der Waals surface area contributed by atoms with Crippen LogP contribution in [0.4, 0.5) is 5.69 Å². The number of nitrogens with one attached hydrogen (secondary N) is 2. The van der Waals surface area contributed by atoms with Gasteiger partial charge in [-0.1, -0.05) is 17.7 Å². The van der Waals surface area contributed by atoms with Crippen molar-refractivity contribution >= 4 is 17.7 Å². The molecule has 0 fully saturated rings. The molecule has 0 radical (unpaired) electrons. The van der Waals surface area contributed by atoms with E-state index in [9.17, 15) is 4.79 Å². The summed E-state index contributed by atoms with van der Waals surface area (Å²) in [4.78, 5) is 15.0. The molecule has 4 heteroatoms. The summed E-state index contributed by atoms with van der Waals surface area (Å²) in [6.45, 7) is 3.91. The molecule has 20 heavy (non-hydrogen) atoms. The van der Waals surface area contributed by atoms with Crippen molar-refractivity contribution in [1.82, 2.24) is 4.98 Å². The van der Waals surface area contributed by atoms with E-state index < -0.39 is 5.91 Å². The van der Waals surface area contributed by atoms with Crippen LogP contribution in [0.25, 0.3) is 6.08 Å². The third-order valence-corrected chi connectivity index (χ3v) is 2.92. The highest BCUT2D eigenvalue weighted by Gasteiger charge is 2.10. The Kier molecular flexibility index (Phi) is 4.02. The van der Waals surface area contributed by atoms with E-state index in [-0.39, 0.29) is 5.57 Å². The monoisotopic (exact) mass is 265 g/mol. The fourth-order valence-corrected chi connectivity index (χ4v) is 1.88. The van der Waals surface area contributed by atoms with Crippen LogP contribution in [0.1, 0.15) is 16.8 Å². The number of anilines is 1. The average molecular weight is 265 g/mol. The molecule has 2 aromatic rings. The topological polar surface area (TPSA) is 68.7 Å². The van der Waals surface area contributed by atoms with Crippen LogP contribution in [0.15, 0.2) is 42.1 Å². The summed E-state index contributed by atoms with van der Waals surface area (Å²) < 4.78 is 0. The minimum Gasteiger partial charge on any atom is -0.362 e. The van der Waals surface area contributed by atoms with Crippen LogP contribution in [0.5, 0.6) is 0 Å². The molecule has 0 unspecified atom stereocenters. The molecule has 0 saturated carbocycles. The predicted molar refractivity (Wildman–Crippen MR) is 78.9 cm³/mol. The van der Waals surface area contributed by atoms with E-state index in [1.165, 1.54) is 6.08 Å². The van der Waals surface area contributed by atoms with E-state index in [0.717, 1.165) is 16.8 Å². The first kappa shape index (κ1) is 13.6. The maximum atomic E-state index is 12.1. The third-order valence-electron chi connectivity index (χ3n) is 2.92. The number of nitriles is 1. The normalized spacial score (nSPS) is 10.9. The Labute approximate surface area is 117 Å². The van der Waals surface area contributed by atoms with Gasteiger partial charge in [0.05, 0.1) is 0 Å². The molecular weight excluding hydrogens is 250 g/mol. The molecule has 1 amide bonds. The lowest BCUT2D eigenvalue weighted by atomic mass is 10.1. The molecule has 100 valence electrons. The highest BCUT2D eigenvalue weighted by Crippen LogP contribution is 2.17. The molecular formula is C16H15N3O. The summed E-state index contributed by atoms with van der Waals surface area (Å²) in [5.41, 5.74) is 3.59. The number of aromatic nitrogens is 1. The lowest BCUT2D eigenvalue weighted by Gasteiger charge is -2.08. The molecule has 0 aliphatic heterocycles. The van der Waals surface area contributed by atoms with Gasteiger partial charge < -0.3 is 10.3 Å². The average Bonchev–Trinajstić information content (AvgIpc) is 2.92. The van der Waals surface area contributed by atoms with Crippen molar-refractivity contribution in [2.75, 3.05) is 5.32 Å². The first-order valence-electron chi connectivity index (χ1n) is 6.24. The summed E-state index contributed by atoms with van der Waals surface area (Å²) >= 11 is 0. The van der Waals surface area contributed by atoms with Gasteiger partial charge in [0.2, 0.25) is 0 Å². The van der Waals surface area contributed by atoms with Crippen molar-refractivity contribution in [3.63, 3.8) is 0 Å². The number of carbonyl (C=O) groups excluding carboxylic acids is 1. The lowest BCUT2D eigenvalue weighted by molar-refractivity contribution is -0.112. The number of H-pyrrole nitrogens is 1. The predicted octanol–water partition coefficient (Wildman–Crippen LogP) is 3.18. The van der Waals surface area contributed by atoms with Crippen LogP contribution in [0.3, 0.4) is 0 Å². The minimum atomic E-state index is -0.408. The molecule has 1 aromatic heterocycles. The first-order chi connectivity index (χ1) is 9.60. The van der Waals surface area contributed by atoms with Gasteiger partial charge in [0.25, 0.3) is 5.91 Å². The van der Waals surface area contributed by atoms with Crippen molar-refractivity contribution in [2.45, 2.75) is 13.8 Å². The summed E-state index contributed by atoms with van der Waals surface area (Å²) in [7, 11) is 0. The van der Waals surface area contributed by atoms with Gasteiger partial charge in [-0.05, 0) is 43.7 Å².